The van der Waals surface area contributed by atoms with Crippen LogP contribution in [0.5, 0.6) is 0 Å². The zero-order chi connectivity index (χ0) is 16.2. The van der Waals surface area contributed by atoms with Gasteiger partial charge < -0.3 is 9.47 Å². The third kappa shape index (κ3) is 5.13. The molecule has 3 nitrogen and oxygen atoms in total. The van der Waals surface area contributed by atoms with Crippen LogP contribution in [-0.2, 0) is 20.9 Å². The summed E-state index contributed by atoms with van der Waals surface area (Å²) in [6, 6.07) is 10.2. The van der Waals surface area contributed by atoms with E-state index in [2.05, 4.69) is 19.1 Å². The van der Waals surface area contributed by atoms with Gasteiger partial charge in [-0.3, -0.25) is 4.79 Å². The molecule has 1 fully saturated rings. The second kappa shape index (κ2) is 7.28. The van der Waals surface area contributed by atoms with Crippen molar-refractivity contribution in [2.75, 3.05) is 13.2 Å². The Balaban J connectivity index is 1.62. The number of hydrogen-bond donors (Lipinski definition) is 0. The smallest absolute Gasteiger partial charge is 0.311 e. The standard InChI is InChI=1S/C19H28O3/c1-14(11-22-18(20)19(2,3)4)17-10-16(17)13-21-12-15-8-6-5-7-9-15/h5-9,14,16-17H,10-13H2,1-4H3/t14-,16-,17-/m0/s1. The molecule has 1 aromatic rings. The second-order valence-corrected chi connectivity index (χ2v) is 7.49. The highest BCUT2D eigenvalue weighted by molar-refractivity contribution is 5.75. The van der Waals surface area contributed by atoms with Crippen LogP contribution in [0.4, 0.5) is 0 Å². The Hall–Kier alpha value is -1.35. The molecule has 0 aliphatic heterocycles. The molecular formula is C19H28O3. The Morgan fingerprint density at radius 1 is 1.27 bits per heavy atom. The summed E-state index contributed by atoms with van der Waals surface area (Å²) in [5, 5.41) is 0. The molecule has 0 spiro atoms. The van der Waals surface area contributed by atoms with Crippen molar-refractivity contribution in [1.29, 1.82) is 0 Å². The van der Waals surface area contributed by atoms with Crippen molar-refractivity contribution in [2.24, 2.45) is 23.2 Å². The molecule has 1 aliphatic carbocycles. The molecule has 1 aliphatic rings. The van der Waals surface area contributed by atoms with Gasteiger partial charge in [0.05, 0.1) is 25.2 Å². The van der Waals surface area contributed by atoms with E-state index in [9.17, 15) is 4.79 Å². The molecule has 3 atom stereocenters. The van der Waals surface area contributed by atoms with E-state index in [0.29, 0.717) is 31.0 Å². The van der Waals surface area contributed by atoms with E-state index in [4.69, 9.17) is 9.47 Å². The van der Waals surface area contributed by atoms with Crippen LogP contribution < -0.4 is 0 Å². The number of esters is 1. The van der Waals surface area contributed by atoms with Gasteiger partial charge in [0.1, 0.15) is 0 Å². The summed E-state index contributed by atoms with van der Waals surface area (Å²) in [4.78, 5) is 11.8. The zero-order valence-electron chi connectivity index (χ0n) is 14.2. The molecule has 1 aromatic carbocycles. The van der Waals surface area contributed by atoms with Crippen molar-refractivity contribution in [1.82, 2.24) is 0 Å². The number of hydrogen-bond acceptors (Lipinski definition) is 3. The van der Waals surface area contributed by atoms with Crippen molar-refractivity contribution >= 4 is 5.97 Å². The minimum atomic E-state index is -0.415. The minimum absolute atomic E-state index is 0.114. The van der Waals surface area contributed by atoms with E-state index in [0.717, 1.165) is 6.61 Å². The lowest BCUT2D eigenvalue weighted by molar-refractivity contribution is -0.154. The van der Waals surface area contributed by atoms with Gasteiger partial charge >= 0.3 is 5.97 Å². The number of carbonyl (C=O) groups excluding carboxylic acids is 1. The van der Waals surface area contributed by atoms with E-state index >= 15 is 0 Å². The molecule has 0 saturated heterocycles. The van der Waals surface area contributed by atoms with Gasteiger partial charge in [-0.05, 0) is 50.5 Å². The minimum Gasteiger partial charge on any atom is -0.465 e. The van der Waals surface area contributed by atoms with Crippen LogP contribution in [0, 0.1) is 23.2 Å². The summed E-state index contributed by atoms with van der Waals surface area (Å²) in [7, 11) is 0. The van der Waals surface area contributed by atoms with Gasteiger partial charge in [0.2, 0.25) is 0 Å². The first-order chi connectivity index (χ1) is 10.4. The topological polar surface area (TPSA) is 35.5 Å². The first-order valence-electron chi connectivity index (χ1n) is 8.17. The van der Waals surface area contributed by atoms with Gasteiger partial charge in [-0.2, -0.15) is 0 Å². The van der Waals surface area contributed by atoms with Gasteiger partial charge in [0, 0.05) is 0 Å². The zero-order valence-corrected chi connectivity index (χ0v) is 14.2. The van der Waals surface area contributed by atoms with E-state index in [1.54, 1.807) is 0 Å². The molecule has 2 rings (SSSR count). The lowest BCUT2D eigenvalue weighted by Gasteiger charge is -2.19. The Morgan fingerprint density at radius 3 is 2.59 bits per heavy atom. The Labute approximate surface area is 134 Å². The van der Waals surface area contributed by atoms with Crippen molar-refractivity contribution in [2.45, 2.75) is 40.7 Å². The van der Waals surface area contributed by atoms with Crippen LogP contribution >= 0.6 is 0 Å². The summed E-state index contributed by atoms with van der Waals surface area (Å²) in [6.45, 7) is 9.83. The van der Waals surface area contributed by atoms with Crippen LogP contribution in [0.15, 0.2) is 30.3 Å². The molecule has 22 heavy (non-hydrogen) atoms. The van der Waals surface area contributed by atoms with Gasteiger partial charge in [0.25, 0.3) is 0 Å². The molecule has 0 bridgehead atoms. The maximum Gasteiger partial charge on any atom is 0.311 e. The Morgan fingerprint density at radius 2 is 1.95 bits per heavy atom. The van der Waals surface area contributed by atoms with Gasteiger partial charge in [-0.25, -0.2) is 0 Å². The molecule has 0 amide bonds. The third-order valence-corrected chi connectivity index (χ3v) is 4.24. The van der Waals surface area contributed by atoms with Crippen molar-refractivity contribution < 1.29 is 14.3 Å². The normalized spacial score (nSPS) is 22.2. The molecule has 1 saturated carbocycles. The average Bonchev–Trinajstić information content (AvgIpc) is 3.24. The summed E-state index contributed by atoms with van der Waals surface area (Å²) in [5.41, 5.74) is 0.799. The van der Waals surface area contributed by atoms with E-state index < -0.39 is 5.41 Å². The monoisotopic (exact) mass is 304 g/mol. The van der Waals surface area contributed by atoms with Crippen LogP contribution in [0.25, 0.3) is 0 Å². The lowest BCUT2D eigenvalue weighted by atomic mass is 9.97. The molecule has 122 valence electrons. The second-order valence-electron chi connectivity index (χ2n) is 7.49. The third-order valence-electron chi connectivity index (χ3n) is 4.24. The maximum absolute atomic E-state index is 11.8. The number of benzene rings is 1. The van der Waals surface area contributed by atoms with Gasteiger partial charge in [-0.1, -0.05) is 37.3 Å². The van der Waals surface area contributed by atoms with Crippen LogP contribution in [0.2, 0.25) is 0 Å². The average molecular weight is 304 g/mol. The van der Waals surface area contributed by atoms with E-state index in [1.165, 1.54) is 12.0 Å². The predicted molar refractivity (Wildman–Crippen MR) is 87.3 cm³/mol. The van der Waals surface area contributed by atoms with E-state index in [1.807, 2.05) is 39.0 Å². The highest BCUT2D eigenvalue weighted by Gasteiger charge is 2.41. The van der Waals surface area contributed by atoms with Crippen LogP contribution in [0.1, 0.15) is 39.7 Å². The summed E-state index contributed by atoms with van der Waals surface area (Å²) in [5.74, 6) is 1.55. The number of ether oxygens (including phenoxy) is 2. The molecule has 0 unspecified atom stereocenters. The van der Waals surface area contributed by atoms with Gasteiger partial charge in [0.15, 0.2) is 0 Å². The Kier molecular flexibility index (Phi) is 5.63. The molecule has 0 aromatic heterocycles. The predicted octanol–water partition coefficient (Wildman–Crippen LogP) is 4.06. The van der Waals surface area contributed by atoms with Crippen LogP contribution in [-0.4, -0.2) is 19.2 Å². The molecule has 0 radical (unpaired) electrons. The maximum atomic E-state index is 11.8. The first-order valence-corrected chi connectivity index (χ1v) is 8.17. The molecule has 3 heteroatoms. The molecule has 0 heterocycles. The quantitative estimate of drug-likeness (QED) is 0.712. The lowest BCUT2D eigenvalue weighted by Crippen LogP contribution is -2.25. The van der Waals surface area contributed by atoms with Crippen molar-refractivity contribution in [3.63, 3.8) is 0 Å². The summed E-state index contributed by atoms with van der Waals surface area (Å²) >= 11 is 0. The number of carbonyl (C=O) groups is 1. The van der Waals surface area contributed by atoms with Crippen molar-refractivity contribution in [3.8, 4) is 0 Å². The Bertz CT molecular complexity index is 475. The first kappa shape index (κ1) is 17.0. The van der Waals surface area contributed by atoms with Crippen LogP contribution in [0.3, 0.4) is 0 Å². The molecular weight excluding hydrogens is 276 g/mol. The fraction of sp³-hybridized carbons (Fsp3) is 0.632. The SMILES string of the molecule is C[C@@H](COC(=O)C(C)(C)C)[C@@H]1C[C@H]1COCc1ccccc1. The highest BCUT2D eigenvalue weighted by atomic mass is 16.5. The van der Waals surface area contributed by atoms with Crippen molar-refractivity contribution in [3.05, 3.63) is 35.9 Å². The molecule has 0 N–H and O–H groups in total. The fourth-order valence-corrected chi connectivity index (χ4v) is 2.61. The summed E-state index contributed by atoms with van der Waals surface area (Å²) < 4.78 is 11.2. The largest absolute Gasteiger partial charge is 0.465 e. The fourth-order valence-electron chi connectivity index (χ4n) is 2.61. The highest BCUT2D eigenvalue weighted by Crippen LogP contribution is 2.44. The van der Waals surface area contributed by atoms with E-state index in [-0.39, 0.29) is 5.97 Å². The summed E-state index contributed by atoms with van der Waals surface area (Å²) in [6.07, 6.45) is 1.18. The number of rotatable bonds is 7. The van der Waals surface area contributed by atoms with Gasteiger partial charge in [-0.15, -0.1) is 0 Å².